The molecule has 8 heteroatoms. The average molecular weight is 434 g/mol. The van der Waals surface area contributed by atoms with Crippen LogP contribution in [0, 0.1) is 0 Å². The SMILES string of the molecule is CSc1cnc(C2CC(C)(Sc3cccc(C(F)(F)F)c3)CCO2)c(Cl)c1. The molecule has 146 valence electrons. The first-order chi connectivity index (χ1) is 12.7. The van der Waals surface area contributed by atoms with Crippen molar-refractivity contribution in [3.05, 3.63) is 52.8 Å². The predicted octanol–water partition coefficient (Wildman–Crippen LogP) is 6.88. The van der Waals surface area contributed by atoms with Crippen molar-refractivity contribution in [2.75, 3.05) is 12.9 Å². The minimum absolute atomic E-state index is 0.268. The highest BCUT2D eigenvalue weighted by atomic mass is 35.5. The van der Waals surface area contributed by atoms with Crippen molar-refractivity contribution < 1.29 is 17.9 Å². The van der Waals surface area contributed by atoms with Gasteiger partial charge in [-0.15, -0.1) is 23.5 Å². The smallest absolute Gasteiger partial charge is 0.372 e. The monoisotopic (exact) mass is 433 g/mol. The summed E-state index contributed by atoms with van der Waals surface area (Å²) in [5.74, 6) is 0. The number of hydrogen-bond donors (Lipinski definition) is 0. The Hall–Kier alpha value is -0.890. The van der Waals surface area contributed by atoms with E-state index in [0.717, 1.165) is 17.4 Å². The molecule has 2 aromatic rings. The molecule has 0 radical (unpaired) electrons. The highest BCUT2D eigenvalue weighted by Crippen LogP contribution is 2.47. The Balaban J connectivity index is 1.79. The normalized spacial score (nSPS) is 23.4. The number of hydrogen-bond acceptors (Lipinski definition) is 4. The minimum atomic E-state index is -4.34. The van der Waals surface area contributed by atoms with Crippen LogP contribution in [-0.2, 0) is 10.9 Å². The van der Waals surface area contributed by atoms with Crippen LogP contribution in [0.1, 0.15) is 37.1 Å². The summed E-state index contributed by atoms with van der Waals surface area (Å²) < 4.78 is 44.5. The Morgan fingerprint density at radius 2 is 2.04 bits per heavy atom. The van der Waals surface area contributed by atoms with Gasteiger partial charge in [-0.05, 0) is 50.3 Å². The summed E-state index contributed by atoms with van der Waals surface area (Å²) in [5.41, 5.74) is 0.0575. The molecular formula is C19H19ClF3NOS2. The number of ether oxygens (including phenoxy) is 1. The fourth-order valence-electron chi connectivity index (χ4n) is 3.04. The molecule has 0 N–H and O–H groups in total. The second-order valence-corrected chi connectivity index (χ2v) is 9.58. The number of halogens is 4. The highest BCUT2D eigenvalue weighted by Gasteiger charge is 2.37. The van der Waals surface area contributed by atoms with Crippen LogP contribution in [0.25, 0.3) is 0 Å². The fraction of sp³-hybridized carbons (Fsp3) is 0.421. The quantitative estimate of drug-likeness (QED) is 0.490. The van der Waals surface area contributed by atoms with Crippen molar-refractivity contribution in [2.45, 2.75) is 46.6 Å². The topological polar surface area (TPSA) is 22.1 Å². The van der Waals surface area contributed by atoms with Gasteiger partial charge in [0.15, 0.2) is 0 Å². The van der Waals surface area contributed by atoms with Crippen molar-refractivity contribution in [1.29, 1.82) is 0 Å². The second kappa shape index (κ2) is 8.23. The van der Waals surface area contributed by atoms with Crippen LogP contribution < -0.4 is 0 Å². The van der Waals surface area contributed by atoms with E-state index >= 15 is 0 Å². The van der Waals surface area contributed by atoms with Gasteiger partial charge in [-0.2, -0.15) is 13.2 Å². The molecule has 2 atom stereocenters. The Morgan fingerprint density at radius 3 is 2.70 bits per heavy atom. The predicted molar refractivity (Wildman–Crippen MR) is 105 cm³/mol. The molecule has 2 heterocycles. The zero-order valence-corrected chi connectivity index (χ0v) is 17.2. The van der Waals surface area contributed by atoms with Gasteiger partial charge in [0, 0.05) is 27.3 Å². The molecule has 1 aromatic carbocycles. The van der Waals surface area contributed by atoms with E-state index in [1.165, 1.54) is 23.9 Å². The minimum Gasteiger partial charge on any atom is -0.372 e. The number of benzene rings is 1. The summed E-state index contributed by atoms with van der Waals surface area (Å²) in [4.78, 5) is 6.03. The van der Waals surface area contributed by atoms with Gasteiger partial charge in [0.1, 0.15) is 6.10 Å². The van der Waals surface area contributed by atoms with Crippen LogP contribution in [0.5, 0.6) is 0 Å². The summed E-state index contributed by atoms with van der Waals surface area (Å²) >= 11 is 9.39. The van der Waals surface area contributed by atoms with Crippen molar-refractivity contribution in [2.24, 2.45) is 0 Å². The van der Waals surface area contributed by atoms with Crippen LogP contribution >= 0.6 is 35.1 Å². The number of thioether (sulfide) groups is 2. The van der Waals surface area contributed by atoms with Crippen molar-refractivity contribution in [1.82, 2.24) is 4.98 Å². The van der Waals surface area contributed by atoms with E-state index in [1.807, 2.05) is 12.3 Å². The molecule has 0 spiro atoms. The first kappa shape index (κ1) is 20.8. The average Bonchev–Trinajstić information content (AvgIpc) is 2.60. The van der Waals surface area contributed by atoms with E-state index in [0.29, 0.717) is 28.6 Å². The third kappa shape index (κ3) is 5.13. The molecule has 1 saturated heterocycles. The molecular weight excluding hydrogens is 415 g/mol. The van der Waals surface area contributed by atoms with Crippen LogP contribution in [0.3, 0.4) is 0 Å². The summed E-state index contributed by atoms with van der Waals surface area (Å²) in [5, 5.41) is 0.556. The second-order valence-electron chi connectivity index (χ2n) is 6.63. The number of pyridine rings is 1. The van der Waals surface area contributed by atoms with Gasteiger partial charge in [-0.25, -0.2) is 0 Å². The van der Waals surface area contributed by atoms with Crippen LogP contribution in [0.2, 0.25) is 5.02 Å². The third-order valence-electron chi connectivity index (χ3n) is 4.48. The number of nitrogens with zero attached hydrogens (tertiary/aromatic N) is 1. The molecule has 1 fully saturated rings. The largest absolute Gasteiger partial charge is 0.416 e. The molecule has 0 amide bonds. The fourth-order valence-corrected chi connectivity index (χ4v) is 5.11. The molecule has 1 aliphatic rings. The molecule has 27 heavy (non-hydrogen) atoms. The molecule has 2 unspecified atom stereocenters. The van der Waals surface area contributed by atoms with Gasteiger partial charge in [-0.3, -0.25) is 4.98 Å². The molecule has 0 bridgehead atoms. The lowest BCUT2D eigenvalue weighted by molar-refractivity contribution is -0.137. The van der Waals surface area contributed by atoms with Crippen LogP contribution in [0.4, 0.5) is 13.2 Å². The summed E-state index contributed by atoms with van der Waals surface area (Å²) in [6.07, 6.45) is 0.468. The Morgan fingerprint density at radius 1 is 1.26 bits per heavy atom. The number of aromatic nitrogens is 1. The maximum absolute atomic E-state index is 13.0. The number of rotatable bonds is 4. The van der Waals surface area contributed by atoms with Crippen molar-refractivity contribution >= 4 is 35.1 Å². The van der Waals surface area contributed by atoms with Gasteiger partial charge in [-0.1, -0.05) is 17.7 Å². The van der Waals surface area contributed by atoms with Crippen LogP contribution in [0.15, 0.2) is 46.3 Å². The lowest BCUT2D eigenvalue weighted by Gasteiger charge is -2.37. The first-order valence-corrected chi connectivity index (χ1v) is 10.8. The van der Waals surface area contributed by atoms with Gasteiger partial charge in [0.2, 0.25) is 0 Å². The van der Waals surface area contributed by atoms with Gasteiger partial charge >= 0.3 is 6.18 Å². The Labute approximate surface area is 170 Å². The third-order valence-corrected chi connectivity index (χ3v) is 6.83. The van der Waals surface area contributed by atoms with E-state index in [4.69, 9.17) is 16.3 Å². The van der Waals surface area contributed by atoms with Gasteiger partial charge in [0.25, 0.3) is 0 Å². The van der Waals surface area contributed by atoms with E-state index in [2.05, 4.69) is 11.9 Å². The molecule has 1 aromatic heterocycles. The van der Waals surface area contributed by atoms with E-state index in [1.54, 1.807) is 24.0 Å². The Bertz CT molecular complexity index is 818. The van der Waals surface area contributed by atoms with Gasteiger partial charge < -0.3 is 4.74 Å². The van der Waals surface area contributed by atoms with Crippen LogP contribution in [-0.4, -0.2) is 22.6 Å². The van der Waals surface area contributed by atoms with E-state index in [-0.39, 0.29) is 10.9 Å². The van der Waals surface area contributed by atoms with Gasteiger partial charge in [0.05, 0.1) is 16.3 Å². The first-order valence-electron chi connectivity index (χ1n) is 8.37. The molecule has 1 aliphatic heterocycles. The summed E-state index contributed by atoms with van der Waals surface area (Å²) in [6.45, 7) is 2.56. The zero-order valence-electron chi connectivity index (χ0n) is 14.8. The maximum Gasteiger partial charge on any atom is 0.416 e. The maximum atomic E-state index is 13.0. The summed E-state index contributed by atoms with van der Waals surface area (Å²) in [7, 11) is 0. The van der Waals surface area contributed by atoms with E-state index < -0.39 is 11.7 Å². The molecule has 0 saturated carbocycles. The Kier molecular flexibility index (Phi) is 6.35. The van der Waals surface area contributed by atoms with Crippen molar-refractivity contribution in [3.63, 3.8) is 0 Å². The summed E-state index contributed by atoms with van der Waals surface area (Å²) in [6, 6.07) is 7.33. The van der Waals surface area contributed by atoms with E-state index in [9.17, 15) is 13.2 Å². The number of alkyl halides is 3. The molecule has 0 aliphatic carbocycles. The lowest BCUT2D eigenvalue weighted by Crippen LogP contribution is -2.32. The lowest BCUT2D eigenvalue weighted by atomic mass is 9.94. The van der Waals surface area contributed by atoms with Crippen molar-refractivity contribution in [3.8, 4) is 0 Å². The molecule has 3 rings (SSSR count). The highest BCUT2D eigenvalue weighted by molar-refractivity contribution is 8.00. The molecule has 2 nitrogen and oxygen atoms in total. The standard InChI is InChI=1S/C19H19ClF3NOS2/c1-18(27-13-5-3-4-12(8-13)19(21,22)23)6-7-25-16(10-18)17-15(20)9-14(26-2)11-24-17/h3-5,8-9,11,16H,6-7,10H2,1-2H3. The zero-order chi connectivity index (χ0) is 19.7.